The summed E-state index contributed by atoms with van der Waals surface area (Å²) in [4.78, 5) is 17.3. The maximum atomic E-state index is 12.7. The standard InChI is InChI=1S/C31H36N2O2/c34-31-29-13-6-4-12-28(29)24-33(31)23-26-17-20-32(21-18-26)19-8-22-35-30-14-7-5-11-27(30)16-15-25-9-2-1-3-10-25/h1-7,9-14,26H,8,15-24H2. The molecule has 35 heavy (non-hydrogen) atoms. The first-order chi connectivity index (χ1) is 17.3. The van der Waals surface area contributed by atoms with Crippen molar-refractivity contribution in [3.05, 3.63) is 101 Å². The van der Waals surface area contributed by atoms with Crippen LogP contribution in [0, 0.1) is 5.92 Å². The largest absolute Gasteiger partial charge is 0.493 e. The fourth-order valence-electron chi connectivity index (χ4n) is 5.41. The lowest BCUT2D eigenvalue weighted by Crippen LogP contribution is -2.39. The zero-order chi connectivity index (χ0) is 23.9. The van der Waals surface area contributed by atoms with Gasteiger partial charge in [-0.05, 0) is 79.9 Å². The van der Waals surface area contributed by atoms with Gasteiger partial charge in [-0.15, -0.1) is 0 Å². The summed E-state index contributed by atoms with van der Waals surface area (Å²) >= 11 is 0. The Kier molecular flexibility index (Phi) is 7.79. The highest BCUT2D eigenvalue weighted by Crippen LogP contribution is 2.26. The van der Waals surface area contributed by atoms with Crippen LogP contribution in [0.25, 0.3) is 0 Å². The number of aryl methyl sites for hydroxylation is 2. The summed E-state index contributed by atoms with van der Waals surface area (Å²) in [7, 11) is 0. The summed E-state index contributed by atoms with van der Waals surface area (Å²) < 4.78 is 6.20. The number of hydrogen-bond donors (Lipinski definition) is 0. The van der Waals surface area contributed by atoms with Gasteiger partial charge in [0.25, 0.3) is 5.91 Å². The summed E-state index contributed by atoms with van der Waals surface area (Å²) in [6.07, 6.45) is 5.41. The molecule has 2 heterocycles. The van der Waals surface area contributed by atoms with Crippen molar-refractivity contribution in [2.45, 2.75) is 38.6 Å². The summed E-state index contributed by atoms with van der Waals surface area (Å²) in [5, 5.41) is 0. The highest BCUT2D eigenvalue weighted by atomic mass is 16.5. The monoisotopic (exact) mass is 468 g/mol. The van der Waals surface area contributed by atoms with E-state index in [1.165, 1.54) is 29.5 Å². The van der Waals surface area contributed by atoms with Gasteiger partial charge >= 0.3 is 0 Å². The zero-order valence-electron chi connectivity index (χ0n) is 20.6. The molecule has 0 aromatic heterocycles. The molecule has 1 fully saturated rings. The first-order valence-electron chi connectivity index (χ1n) is 13.1. The van der Waals surface area contributed by atoms with Crippen molar-refractivity contribution in [1.82, 2.24) is 9.80 Å². The summed E-state index contributed by atoms with van der Waals surface area (Å²) in [5.74, 6) is 1.85. The third kappa shape index (κ3) is 6.12. The normalized spacial score (nSPS) is 16.5. The van der Waals surface area contributed by atoms with Crippen LogP contribution in [0.3, 0.4) is 0 Å². The van der Waals surface area contributed by atoms with Crippen molar-refractivity contribution in [3.63, 3.8) is 0 Å². The average molecular weight is 469 g/mol. The van der Waals surface area contributed by atoms with Crippen molar-refractivity contribution in [3.8, 4) is 5.75 Å². The number of fused-ring (bicyclic) bond motifs is 1. The number of amides is 1. The Hall–Kier alpha value is -3.11. The third-order valence-electron chi connectivity index (χ3n) is 7.46. The number of rotatable bonds is 10. The van der Waals surface area contributed by atoms with E-state index in [2.05, 4.69) is 65.6 Å². The Morgan fingerprint density at radius 3 is 2.40 bits per heavy atom. The van der Waals surface area contributed by atoms with Crippen LogP contribution in [0.2, 0.25) is 0 Å². The molecule has 182 valence electrons. The third-order valence-corrected chi connectivity index (χ3v) is 7.46. The molecule has 0 spiro atoms. The minimum atomic E-state index is 0.212. The highest BCUT2D eigenvalue weighted by molar-refractivity contribution is 5.98. The molecule has 3 aromatic rings. The lowest BCUT2D eigenvalue weighted by Gasteiger charge is -2.33. The zero-order valence-corrected chi connectivity index (χ0v) is 20.6. The van der Waals surface area contributed by atoms with Crippen LogP contribution in [0.5, 0.6) is 5.75 Å². The van der Waals surface area contributed by atoms with Crippen molar-refractivity contribution in [2.24, 2.45) is 5.92 Å². The number of benzene rings is 3. The molecule has 4 nitrogen and oxygen atoms in total. The average Bonchev–Trinajstić information content (AvgIpc) is 3.22. The van der Waals surface area contributed by atoms with E-state index in [9.17, 15) is 4.79 Å². The smallest absolute Gasteiger partial charge is 0.254 e. The number of piperidine rings is 1. The molecule has 5 rings (SSSR count). The molecular formula is C31H36N2O2. The van der Waals surface area contributed by atoms with E-state index in [1.54, 1.807) is 0 Å². The van der Waals surface area contributed by atoms with Gasteiger partial charge in [-0.2, -0.15) is 0 Å². The Bertz CT molecular complexity index is 1110. The van der Waals surface area contributed by atoms with Gasteiger partial charge in [0.2, 0.25) is 0 Å². The Labute approximate surface area is 209 Å². The van der Waals surface area contributed by atoms with Crippen molar-refractivity contribution >= 4 is 5.91 Å². The van der Waals surface area contributed by atoms with Gasteiger partial charge in [-0.1, -0.05) is 66.7 Å². The van der Waals surface area contributed by atoms with Gasteiger partial charge in [0, 0.05) is 25.2 Å². The highest BCUT2D eigenvalue weighted by Gasteiger charge is 2.30. The fourth-order valence-corrected chi connectivity index (χ4v) is 5.41. The van der Waals surface area contributed by atoms with Gasteiger partial charge in [0.1, 0.15) is 5.75 Å². The molecule has 1 amide bonds. The first kappa shape index (κ1) is 23.6. The molecule has 0 bridgehead atoms. The maximum absolute atomic E-state index is 12.7. The number of para-hydroxylation sites is 1. The predicted octanol–water partition coefficient (Wildman–Crippen LogP) is 5.61. The molecule has 1 saturated heterocycles. The molecule has 0 atom stereocenters. The molecular weight excluding hydrogens is 432 g/mol. The molecule has 3 aromatic carbocycles. The van der Waals surface area contributed by atoms with Crippen molar-refractivity contribution < 1.29 is 9.53 Å². The molecule has 0 aliphatic carbocycles. The second kappa shape index (κ2) is 11.5. The van der Waals surface area contributed by atoms with E-state index < -0.39 is 0 Å². The number of nitrogens with zero attached hydrogens (tertiary/aromatic N) is 2. The molecule has 0 N–H and O–H groups in total. The van der Waals surface area contributed by atoms with Gasteiger partial charge in [0.05, 0.1) is 6.61 Å². The van der Waals surface area contributed by atoms with Crippen LogP contribution in [0.15, 0.2) is 78.9 Å². The first-order valence-corrected chi connectivity index (χ1v) is 13.1. The van der Waals surface area contributed by atoms with E-state index in [1.807, 2.05) is 23.1 Å². The second-order valence-electron chi connectivity index (χ2n) is 9.92. The van der Waals surface area contributed by atoms with E-state index in [0.29, 0.717) is 5.92 Å². The maximum Gasteiger partial charge on any atom is 0.254 e. The Morgan fingerprint density at radius 1 is 0.829 bits per heavy atom. The predicted molar refractivity (Wildman–Crippen MR) is 141 cm³/mol. The van der Waals surface area contributed by atoms with Crippen LogP contribution in [-0.4, -0.2) is 48.5 Å². The van der Waals surface area contributed by atoms with Gasteiger partial charge < -0.3 is 14.5 Å². The molecule has 0 saturated carbocycles. The topological polar surface area (TPSA) is 32.8 Å². The van der Waals surface area contributed by atoms with E-state index in [4.69, 9.17) is 4.74 Å². The molecule has 2 aliphatic rings. The lowest BCUT2D eigenvalue weighted by atomic mass is 9.96. The van der Waals surface area contributed by atoms with E-state index >= 15 is 0 Å². The summed E-state index contributed by atoms with van der Waals surface area (Å²) in [6, 6.07) is 27.1. The van der Waals surface area contributed by atoms with Crippen molar-refractivity contribution in [2.75, 3.05) is 32.8 Å². The number of ether oxygens (including phenoxy) is 1. The SMILES string of the molecule is O=C1c2ccccc2CN1CC1CCN(CCCOc2ccccc2CCc2ccccc2)CC1. The minimum absolute atomic E-state index is 0.212. The Morgan fingerprint density at radius 2 is 1.57 bits per heavy atom. The lowest BCUT2D eigenvalue weighted by molar-refractivity contribution is 0.0712. The van der Waals surface area contributed by atoms with Gasteiger partial charge in [-0.25, -0.2) is 0 Å². The Balaban J connectivity index is 1.01. The van der Waals surface area contributed by atoms with Crippen LogP contribution < -0.4 is 4.74 Å². The molecule has 4 heteroatoms. The fraction of sp³-hybridized carbons (Fsp3) is 0.387. The molecule has 0 unspecified atom stereocenters. The van der Waals surface area contributed by atoms with Crippen molar-refractivity contribution in [1.29, 1.82) is 0 Å². The second-order valence-corrected chi connectivity index (χ2v) is 9.92. The molecule has 2 aliphatic heterocycles. The van der Waals surface area contributed by atoms with Crippen LogP contribution in [0.4, 0.5) is 0 Å². The summed E-state index contributed by atoms with van der Waals surface area (Å²) in [6.45, 7) is 5.74. The molecule has 0 radical (unpaired) electrons. The number of carbonyl (C=O) groups excluding carboxylic acids is 1. The van der Waals surface area contributed by atoms with E-state index in [-0.39, 0.29) is 5.91 Å². The van der Waals surface area contributed by atoms with Crippen LogP contribution in [0.1, 0.15) is 46.3 Å². The number of carbonyl (C=O) groups is 1. The summed E-state index contributed by atoms with van der Waals surface area (Å²) in [5.41, 5.74) is 4.73. The number of likely N-dealkylation sites (tertiary alicyclic amines) is 1. The van der Waals surface area contributed by atoms with Crippen LogP contribution >= 0.6 is 0 Å². The minimum Gasteiger partial charge on any atom is -0.493 e. The van der Waals surface area contributed by atoms with Gasteiger partial charge in [-0.3, -0.25) is 4.79 Å². The number of hydrogen-bond acceptors (Lipinski definition) is 3. The van der Waals surface area contributed by atoms with E-state index in [0.717, 1.165) is 69.9 Å². The van der Waals surface area contributed by atoms with Crippen LogP contribution in [-0.2, 0) is 19.4 Å². The van der Waals surface area contributed by atoms with Gasteiger partial charge in [0.15, 0.2) is 0 Å². The quantitative estimate of drug-likeness (QED) is 0.363.